The summed E-state index contributed by atoms with van der Waals surface area (Å²) in [5, 5.41) is 10.7. The number of fused-ring (bicyclic) bond motifs is 1. The van der Waals surface area contributed by atoms with E-state index in [1.54, 1.807) is 12.1 Å². The quantitative estimate of drug-likeness (QED) is 0.822. The van der Waals surface area contributed by atoms with E-state index in [0.29, 0.717) is 16.3 Å². The maximum atomic E-state index is 13.3. The zero-order chi connectivity index (χ0) is 19.3. The van der Waals surface area contributed by atoms with Gasteiger partial charge in [-0.3, -0.25) is 9.59 Å². The molecule has 0 saturated heterocycles. The van der Waals surface area contributed by atoms with Crippen LogP contribution in [0.25, 0.3) is 0 Å². The molecule has 4 rings (SSSR count). The number of hydrogen-bond acceptors (Lipinski definition) is 5. The van der Waals surface area contributed by atoms with Gasteiger partial charge >= 0.3 is 0 Å². The molecule has 2 atom stereocenters. The Balaban J connectivity index is 1.82. The van der Waals surface area contributed by atoms with Crippen molar-refractivity contribution < 1.29 is 14.7 Å². The van der Waals surface area contributed by atoms with E-state index in [0.717, 1.165) is 22.9 Å². The lowest BCUT2D eigenvalue weighted by atomic mass is 9.91. The lowest BCUT2D eigenvalue weighted by molar-refractivity contribution is -0.140. The second kappa shape index (κ2) is 6.37. The van der Waals surface area contributed by atoms with Crippen LogP contribution in [-0.4, -0.2) is 27.3 Å². The van der Waals surface area contributed by atoms with Gasteiger partial charge in [-0.25, -0.2) is 0 Å². The van der Waals surface area contributed by atoms with E-state index in [1.807, 2.05) is 31.2 Å². The van der Waals surface area contributed by atoms with Gasteiger partial charge in [-0.1, -0.05) is 47.6 Å². The minimum absolute atomic E-state index is 0.0344. The number of rotatable bonds is 3. The Kier molecular flexibility index (Phi) is 4.25. The van der Waals surface area contributed by atoms with Crippen molar-refractivity contribution in [2.75, 3.05) is 4.90 Å². The molecule has 2 aliphatic heterocycles. The normalized spacial score (nSPS) is 24.3. The topological polar surface area (TPSA) is 96.0 Å². The molecule has 2 aromatic rings. The molecule has 0 spiro atoms. The number of nitrogens with zero attached hydrogens (tertiary/aromatic N) is 2. The number of amides is 2. The lowest BCUT2D eigenvalue weighted by Gasteiger charge is -2.27. The van der Waals surface area contributed by atoms with Crippen LogP contribution in [0.1, 0.15) is 16.7 Å². The van der Waals surface area contributed by atoms with Gasteiger partial charge in [0.2, 0.25) is 0 Å². The van der Waals surface area contributed by atoms with Crippen LogP contribution in [0.4, 0.5) is 5.69 Å². The first-order valence-corrected chi connectivity index (χ1v) is 9.51. The zero-order valence-electron chi connectivity index (χ0n) is 14.3. The molecule has 2 unspecified atom stereocenters. The van der Waals surface area contributed by atoms with Gasteiger partial charge in [0.05, 0.1) is 12.2 Å². The summed E-state index contributed by atoms with van der Waals surface area (Å²) in [7, 11) is 0. The van der Waals surface area contributed by atoms with Crippen LogP contribution in [0, 0.1) is 6.92 Å². The Morgan fingerprint density at radius 2 is 2.04 bits per heavy atom. The molecule has 0 aromatic heterocycles. The molecular weight excluding hydrogens is 386 g/mol. The van der Waals surface area contributed by atoms with Gasteiger partial charge in [-0.05, 0) is 36.2 Å². The highest BCUT2D eigenvalue weighted by molar-refractivity contribution is 8.15. The molecule has 2 aliphatic rings. The number of amidine groups is 1. The highest BCUT2D eigenvalue weighted by Crippen LogP contribution is 2.48. The van der Waals surface area contributed by atoms with Crippen LogP contribution in [-0.2, 0) is 21.7 Å². The number of anilines is 1. The molecule has 6 nitrogen and oxygen atoms in total. The summed E-state index contributed by atoms with van der Waals surface area (Å²) >= 11 is 7.01. The van der Waals surface area contributed by atoms with Crippen LogP contribution in [0.3, 0.4) is 0 Å². The first-order chi connectivity index (χ1) is 12.8. The van der Waals surface area contributed by atoms with Crippen LogP contribution in [0.5, 0.6) is 0 Å². The minimum Gasteiger partial charge on any atom is -0.378 e. The smallest absolute Gasteiger partial charge is 0.265 e. The van der Waals surface area contributed by atoms with Gasteiger partial charge in [0, 0.05) is 10.6 Å². The van der Waals surface area contributed by atoms with Crippen LogP contribution >= 0.6 is 23.4 Å². The van der Waals surface area contributed by atoms with Crippen LogP contribution in [0.15, 0.2) is 47.5 Å². The fraction of sp³-hybridized carbons (Fsp3) is 0.211. The Morgan fingerprint density at radius 3 is 2.70 bits per heavy atom. The summed E-state index contributed by atoms with van der Waals surface area (Å²) in [5.74, 6) is -1.21. The summed E-state index contributed by atoms with van der Waals surface area (Å²) in [4.78, 5) is 30.8. The maximum absolute atomic E-state index is 13.3. The molecular formula is C19H16ClN3O3S. The number of aliphatic imine (C=N–C) groups is 1. The third-order valence-electron chi connectivity index (χ3n) is 4.88. The van der Waals surface area contributed by atoms with Crippen molar-refractivity contribution in [1.82, 2.24) is 0 Å². The molecule has 0 radical (unpaired) electrons. The predicted octanol–water partition coefficient (Wildman–Crippen LogP) is 2.34. The molecule has 0 bridgehead atoms. The van der Waals surface area contributed by atoms with Crippen molar-refractivity contribution in [1.29, 1.82) is 0 Å². The number of carbonyl (C=O) groups excluding carboxylic acids is 2. The van der Waals surface area contributed by atoms with Gasteiger partial charge in [0.15, 0.2) is 10.8 Å². The lowest BCUT2D eigenvalue weighted by Crippen LogP contribution is -2.49. The third-order valence-corrected chi connectivity index (χ3v) is 6.23. The summed E-state index contributed by atoms with van der Waals surface area (Å²) in [6.07, 6.45) is 0. The van der Waals surface area contributed by atoms with E-state index in [1.165, 1.54) is 11.0 Å². The number of nitrogens with two attached hydrogens (primary N) is 1. The average molecular weight is 402 g/mol. The Morgan fingerprint density at radius 1 is 1.30 bits per heavy atom. The number of aliphatic hydroxyl groups is 1. The Labute approximate surface area is 165 Å². The molecule has 138 valence electrons. The third kappa shape index (κ3) is 2.74. The summed E-state index contributed by atoms with van der Waals surface area (Å²) in [6.45, 7) is 2.22. The Bertz CT molecular complexity index is 1010. The SMILES string of the molecule is Cc1ccccc1CN1C(=O)C(O)(C2SC(N)=NC2=O)c2cc(Cl)ccc21. The van der Waals surface area contributed by atoms with Crippen molar-refractivity contribution in [3.8, 4) is 0 Å². The number of carbonyl (C=O) groups is 2. The van der Waals surface area contributed by atoms with E-state index in [4.69, 9.17) is 17.3 Å². The number of benzene rings is 2. The summed E-state index contributed by atoms with van der Waals surface area (Å²) in [6, 6.07) is 12.5. The second-order valence-electron chi connectivity index (χ2n) is 6.53. The highest BCUT2D eigenvalue weighted by Gasteiger charge is 2.59. The molecule has 0 saturated carbocycles. The number of thioether (sulfide) groups is 1. The van der Waals surface area contributed by atoms with E-state index in [-0.39, 0.29) is 11.7 Å². The Hall–Kier alpha value is -2.35. The zero-order valence-corrected chi connectivity index (χ0v) is 15.9. The summed E-state index contributed by atoms with van der Waals surface area (Å²) in [5.41, 5.74) is 6.35. The van der Waals surface area contributed by atoms with Crippen LogP contribution < -0.4 is 10.6 Å². The average Bonchev–Trinajstić information content (AvgIpc) is 3.07. The predicted molar refractivity (Wildman–Crippen MR) is 106 cm³/mol. The maximum Gasteiger partial charge on any atom is 0.265 e. The van der Waals surface area contributed by atoms with Crippen LogP contribution in [0.2, 0.25) is 5.02 Å². The van der Waals surface area contributed by atoms with Gasteiger partial charge < -0.3 is 15.7 Å². The van der Waals surface area contributed by atoms with Gasteiger partial charge in [0.25, 0.3) is 11.8 Å². The fourth-order valence-electron chi connectivity index (χ4n) is 3.48. The summed E-state index contributed by atoms with van der Waals surface area (Å²) < 4.78 is 0. The van der Waals surface area contributed by atoms with Gasteiger partial charge in [0.1, 0.15) is 5.25 Å². The van der Waals surface area contributed by atoms with Gasteiger partial charge in [-0.15, -0.1) is 0 Å². The molecule has 3 N–H and O–H groups in total. The van der Waals surface area contributed by atoms with E-state index >= 15 is 0 Å². The highest BCUT2D eigenvalue weighted by atomic mass is 35.5. The molecule has 2 heterocycles. The molecule has 8 heteroatoms. The fourth-order valence-corrected chi connectivity index (χ4v) is 4.58. The first kappa shape index (κ1) is 18.0. The number of aryl methyl sites for hydroxylation is 1. The number of hydrogen-bond donors (Lipinski definition) is 2. The van der Waals surface area contributed by atoms with E-state index in [9.17, 15) is 14.7 Å². The van der Waals surface area contributed by atoms with Crippen molar-refractivity contribution >= 4 is 46.0 Å². The van der Waals surface area contributed by atoms with Gasteiger partial charge in [-0.2, -0.15) is 4.99 Å². The number of halogens is 1. The largest absolute Gasteiger partial charge is 0.378 e. The molecule has 0 fully saturated rings. The second-order valence-corrected chi connectivity index (χ2v) is 8.09. The standard InChI is InChI=1S/C19H16ClN3O3S/c1-10-4-2-3-5-11(10)9-23-14-7-6-12(20)8-13(14)19(26,17(23)25)15-16(24)22-18(21)27-15/h2-8,15,26H,9H2,1H3,(H2,21,22,24). The van der Waals surface area contributed by atoms with E-state index < -0.39 is 22.7 Å². The molecule has 27 heavy (non-hydrogen) atoms. The minimum atomic E-state index is -2.07. The van der Waals surface area contributed by atoms with Crippen molar-refractivity contribution in [3.05, 3.63) is 64.2 Å². The molecule has 0 aliphatic carbocycles. The van der Waals surface area contributed by atoms with E-state index in [2.05, 4.69) is 4.99 Å². The first-order valence-electron chi connectivity index (χ1n) is 8.26. The monoisotopic (exact) mass is 401 g/mol. The van der Waals surface area contributed by atoms with Crippen molar-refractivity contribution in [2.24, 2.45) is 10.7 Å². The van der Waals surface area contributed by atoms with Crippen molar-refractivity contribution in [3.63, 3.8) is 0 Å². The molecule has 2 amide bonds. The molecule has 2 aromatic carbocycles. The van der Waals surface area contributed by atoms with Crippen molar-refractivity contribution in [2.45, 2.75) is 24.3 Å².